The lowest BCUT2D eigenvalue weighted by molar-refractivity contribution is -0.178. The Hall–Kier alpha value is -2.60. The van der Waals surface area contributed by atoms with Crippen molar-refractivity contribution in [3.05, 3.63) is 84.4 Å². The molecule has 3 rings (SSSR count). The van der Waals surface area contributed by atoms with Gasteiger partial charge in [0.15, 0.2) is 0 Å². The Balaban J connectivity index is 2.06. The summed E-state index contributed by atoms with van der Waals surface area (Å²) in [5.74, 6) is -1.73. The maximum atomic E-state index is 13.3. The van der Waals surface area contributed by atoms with Gasteiger partial charge in [0.2, 0.25) is 0 Å². The predicted molar refractivity (Wildman–Crippen MR) is 123 cm³/mol. The van der Waals surface area contributed by atoms with Gasteiger partial charge in [0.1, 0.15) is 6.10 Å². The minimum Gasteiger partial charge on any atom is -0.364 e. The average Bonchev–Trinajstić information content (AvgIpc) is 2.82. The van der Waals surface area contributed by atoms with Crippen LogP contribution in [0.1, 0.15) is 68.7 Å². The Morgan fingerprint density at radius 2 is 1.58 bits per heavy atom. The lowest BCUT2D eigenvalue weighted by atomic mass is 9.75. The second-order valence-electron chi connectivity index (χ2n) is 8.95. The van der Waals surface area contributed by atoms with E-state index in [-0.39, 0.29) is 5.92 Å². The number of halogens is 3. The number of amides is 1. The highest BCUT2D eigenvalue weighted by atomic mass is 19.4. The Kier molecular flexibility index (Phi) is 8.35. The maximum Gasteiger partial charge on any atom is 0.471 e. The quantitative estimate of drug-likeness (QED) is 0.407. The van der Waals surface area contributed by atoms with Gasteiger partial charge in [-0.15, -0.1) is 6.58 Å². The van der Waals surface area contributed by atoms with Crippen molar-refractivity contribution in [1.29, 1.82) is 0 Å². The smallest absolute Gasteiger partial charge is 0.364 e. The van der Waals surface area contributed by atoms with E-state index in [1.54, 1.807) is 30.3 Å². The van der Waals surface area contributed by atoms with Crippen LogP contribution in [0.15, 0.2) is 73.3 Å². The van der Waals surface area contributed by atoms with Crippen LogP contribution in [0, 0.1) is 5.92 Å². The third-order valence-corrected chi connectivity index (χ3v) is 6.55. The summed E-state index contributed by atoms with van der Waals surface area (Å²) in [5.41, 5.74) is 0.632. The number of nitrogens with one attached hydrogen (secondary N) is 1. The number of carbonyl (C=O) groups excluding carboxylic acids is 1. The zero-order chi connectivity index (χ0) is 23.9. The van der Waals surface area contributed by atoms with Crippen molar-refractivity contribution in [3.8, 4) is 0 Å². The van der Waals surface area contributed by atoms with Crippen molar-refractivity contribution in [2.24, 2.45) is 5.92 Å². The van der Waals surface area contributed by atoms with Crippen LogP contribution in [-0.4, -0.2) is 17.7 Å². The SMILES string of the molecule is C=CC[C@](C)(O[C@@H](c1ccccc1)[C@H](NC(=O)C(F)(F)F)c1ccccc1)C1CCCCC1. The number of rotatable bonds is 9. The van der Waals surface area contributed by atoms with Crippen molar-refractivity contribution in [2.45, 2.75) is 69.4 Å². The Morgan fingerprint density at radius 3 is 2.09 bits per heavy atom. The molecular formula is C27H32F3NO2. The fourth-order valence-corrected chi connectivity index (χ4v) is 4.79. The molecule has 1 amide bonds. The molecule has 0 radical (unpaired) electrons. The summed E-state index contributed by atoms with van der Waals surface area (Å²) in [4.78, 5) is 12.1. The van der Waals surface area contributed by atoms with Crippen LogP contribution >= 0.6 is 0 Å². The van der Waals surface area contributed by atoms with E-state index in [4.69, 9.17) is 4.74 Å². The zero-order valence-electron chi connectivity index (χ0n) is 19.0. The minimum absolute atomic E-state index is 0.255. The summed E-state index contributed by atoms with van der Waals surface area (Å²) < 4.78 is 46.6. The van der Waals surface area contributed by atoms with Crippen molar-refractivity contribution < 1.29 is 22.7 Å². The van der Waals surface area contributed by atoms with E-state index in [2.05, 4.69) is 11.9 Å². The van der Waals surface area contributed by atoms with E-state index < -0.39 is 29.8 Å². The van der Waals surface area contributed by atoms with Gasteiger partial charge < -0.3 is 10.1 Å². The van der Waals surface area contributed by atoms with E-state index in [1.165, 1.54) is 6.42 Å². The molecule has 1 saturated carbocycles. The number of ether oxygens (including phenoxy) is 1. The normalized spacial score (nSPS) is 18.7. The average molecular weight is 460 g/mol. The van der Waals surface area contributed by atoms with Crippen LogP contribution in [0.3, 0.4) is 0 Å². The molecule has 1 fully saturated rings. The molecule has 33 heavy (non-hydrogen) atoms. The monoisotopic (exact) mass is 459 g/mol. The van der Waals surface area contributed by atoms with Crippen molar-refractivity contribution >= 4 is 5.91 Å². The van der Waals surface area contributed by atoms with Gasteiger partial charge in [-0.25, -0.2) is 0 Å². The molecule has 0 heterocycles. The van der Waals surface area contributed by atoms with Crippen molar-refractivity contribution in [2.75, 3.05) is 0 Å². The molecule has 0 saturated heterocycles. The van der Waals surface area contributed by atoms with Gasteiger partial charge >= 0.3 is 12.1 Å². The van der Waals surface area contributed by atoms with Crippen molar-refractivity contribution in [3.63, 3.8) is 0 Å². The molecule has 0 aliphatic heterocycles. The lowest BCUT2D eigenvalue weighted by Crippen LogP contribution is -2.45. The zero-order valence-corrected chi connectivity index (χ0v) is 19.0. The topological polar surface area (TPSA) is 38.3 Å². The molecule has 3 atom stereocenters. The maximum absolute atomic E-state index is 13.3. The number of hydrogen-bond donors (Lipinski definition) is 1. The van der Waals surface area contributed by atoms with E-state index in [1.807, 2.05) is 43.3 Å². The summed E-state index contributed by atoms with van der Waals surface area (Å²) in [6, 6.07) is 16.8. The number of carbonyl (C=O) groups is 1. The second-order valence-corrected chi connectivity index (χ2v) is 8.95. The molecule has 6 heteroatoms. The van der Waals surface area contributed by atoms with E-state index >= 15 is 0 Å². The summed E-state index contributed by atoms with van der Waals surface area (Å²) in [6.45, 7) is 5.93. The molecule has 178 valence electrons. The number of hydrogen-bond acceptors (Lipinski definition) is 2. The first-order valence-corrected chi connectivity index (χ1v) is 11.5. The molecule has 2 aromatic carbocycles. The minimum atomic E-state index is -5.00. The molecular weight excluding hydrogens is 427 g/mol. The second kappa shape index (κ2) is 11.0. The highest BCUT2D eigenvalue weighted by Gasteiger charge is 2.44. The highest BCUT2D eigenvalue weighted by Crippen LogP contribution is 2.44. The van der Waals surface area contributed by atoms with Crippen LogP contribution in [0.2, 0.25) is 0 Å². The van der Waals surface area contributed by atoms with Crippen LogP contribution in [0.4, 0.5) is 13.2 Å². The van der Waals surface area contributed by atoms with Crippen LogP contribution < -0.4 is 5.32 Å². The van der Waals surface area contributed by atoms with E-state index in [0.29, 0.717) is 17.5 Å². The standard InChI is InChI=1S/C27H32F3NO2/c1-3-19-26(2,22-17-11-6-12-18-22)33-24(21-15-9-5-10-16-21)23(20-13-7-4-8-14-20)31-25(32)27(28,29)30/h3-5,7-10,13-16,22-24H,1,6,11-12,17-19H2,2H3,(H,31,32)/t23-,24+,26+/m1/s1. The highest BCUT2D eigenvalue weighted by molar-refractivity contribution is 5.82. The fraction of sp³-hybridized carbons (Fsp3) is 0.444. The number of benzene rings is 2. The molecule has 0 unspecified atom stereocenters. The van der Waals surface area contributed by atoms with Gasteiger partial charge in [-0.2, -0.15) is 13.2 Å². The molecule has 3 nitrogen and oxygen atoms in total. The van der Waals surface area contributed by atoms with Crippen LogP contribution in [0.25, 0.3) is 0 Å². The molecule has 0 spiro atoms. The largest absolute Gasteiger partial charge is 0.471 e. The van der Waals surface area contributed by atoms with Gasteiger partial charge in [0.05, 0.1) is 11.6 Å². The Bertz CT molecular complexity index is 895. The molecule has 0 bridgehead atoms. The van der Waals surface area contributed by atoms with Gasteiger partial charge in [-0.05, 0) is 43.2 Å². The summed E-state index contributed by atoms with van der Waals surface area (Å²) in [6.07, 6.45) is 1.94. The summed E-state index contributed by atoms with van der Waals surface area (Å²) in [5, 5.41) is 2.22. The first kappa shape index (κ1) is 25.0. The van der Waals surface area contributed by atoms with Gasteiger partial charge in [-0.1, -0.05) is 86.0 Å². The molecule has 1 aliphatic carbocycles. The lowest BCUT2D eigenvalue weighted by Gasteiger charge is -2.44. The van der Waals surface area contributed by atoms with Gasteiger partial charge in [0.25, 0.3) is 0 Å². The number of alkyl halides is 3. The Labute approximate surface area is 194 Å². The van der Waals surface area contributed by atoms with E-state index in [9.17, 15) is 18.0 Å². The van der Waals surface area contributed by atoms with Gasteiger partial charge in [-0.3, -0.25) is 4.79 Å². The van der Waals surface area contributed by atoms with Crippen molar-refractivity contribution in [1.82, 2.24) is 5.32 Å². The van der Waals surface area contributed by atoms with Crippen LogP contribution in [0.5, 0.6) is 0 Å². The fourth-order valence-electron chi connectivity index (χ4n) is 4.79. The van der Waals surface area contributed by atoms with Crippen LogP contribution in [-0.2, 0) is 9.53 Å². The Morgan fingerprint density at radius 1 is 1.03 bits per heavy atom. The first-order chi connectivity index (χ1) is 15.7. The van der Waals surface area contributed by atoms with E-state index in [0.717, 1.165) is 25.7 Å². The molecule has 2 aromatic rings. The predicted octanol–water partition coefficient (Wildman–Crippen LogP) is 7.08. The summed E-state index contributed by atoms with van der Waals surface area (Å²) in [7, 11) is 0. The third kappa shape index (κ3) is 6.47. The molecule has 1 aliphatic rings. The molecule has 0 aromatic heterocycles. The third-order valence-electron chi connectivity index (χ3n) is 6.55. The first-order valence-electron chi connectivity index (χ1n) is 11.5. The summed E-state index contributed by atoms with van der Waals surface area (Å²) >= 11 is 0. The van der Waals surface area contributed by atoms with Gasteiger partial charge in [0, 0.05) is 0 Å². The molecule has 1 N–H and O–H groups in total.